The van der Waals surface area contributed by atoms with Gasteiger partial charge >= 0.3 is 0 Å². The number of para-hydroxylation sites is 1. The molecule has 0 aliphatic rings. The SMILES string of the molecule is Cc1ccc(C(O)(c2ccc(C)cc2)c2ccccc2N=C=O)cc1. The molecule has 3 heteroatoms. The minimum absolute atomic E-state index is 0.404. The Hall–Kier alpha value is -3.00. The van der Waals surface area contributed by atoms with Gasteiger partial charge in [0.25, 0.3) is 0 Å². The number of aryl methyl sites for hydroxylation is 2. The minimum Gasteiger partial charge on any atom is -0.376 e. The number of aliphatic imine (C=N–C) groups is 1. The summed E-state index contributed by atoms with van der Waals surface area (Å²) in [6, 6.07) is 22.5. The summed E-state index contributed by atoms with van der Waals surface area (Å²) >= 11 is 0. The molecular weight excluding hydrogens is 310 g/mol. The summed E-state index contributed by atoms with van der Waals surface area (Å²) in [6.07, 6.45) is 1.58. The van der Waals surface area contributed by atoms with Crippen molar-refractivity contribution in [2.24, 2.45) is 4.99 Å². The number of benzene rings is 3. The maximum atomic E-state index is 11.8. The van der Waals surface area contributed by atoms with Crippen molar-refractivity contribution < 1.29 is 9.90 Å². The molecule has 0 amide bonds. The molecule has 0 saturated heterocycles. The summed E-state index contributed by atoms with van der Waals surface area (Å²) < 4.78 is 0. The van der Waals surface area contributed by atoms with Crippen LogP contribution in [0.15, 0.2) is 77.8 Å². The Morgan fingerprint density at radius 2 is 1.28 bits per heavy atom. The summed E-state index contributed by atoms with van der Waals surface area (Å²) in [4.78, 5) is 14.6. The molecule has 3 aromatic carbocycles. The van der Waals surface area contributed by atoms with Crippen molar-refractivity contribution in [3.8, 4) is 0 Å². The molecule has 0 unspecified atom stereocenters. The summed E-state index contributed by atoms with van der Waals surface area (Å²) in [5.41, 5.74) is 3.18. The molecule has 0 aromatic heterocycles. The largest absolute Gasteiger partial charge is 0.376 e. The molecule has 0 heterocycles. The standard InChI is InChI=1S/C22H19NO2/c1-16-7-11-18(12-8-16)22(25,19-13-9-17(2)10-14-19)20-5-3-4-6-21(20)23-15-24/h3-14,25H,1-2H3. The third kappa shape index (κ3) is 3.16. The Kier molecular flexibility index (Phi) is 4.62. The normalized spacial score (nSPS) is 11.0. The number of isocyanates is 1. The Morgan fingerprint density at radius 3 is 1.76 bits per heavy atom. The van der Waals surface area contributed by atoms with E-state index in [1.165, 1.54) is 0 Å². The molecule has 3 nitrogen and oxygen atoms in total. The van der Waals surface area contributed by atoms with Gasteiger partial charge in [0.2, 0.25) is 6.08 Å². The van der Waals surface area contributed by atoms with E-state index in [0.717, 1.165) is 22.3 Å². The Morgan fingerprint density at radius 1 is 0.800 bits per heavy atom. The van der Waals surface area contributed by atoms with Gasteiger partial charge in [0.05, 0.1) is 5.69 Å². The van der Waals surface area contributed by atoms with Gasteiger partial charge in [-0.2, -0.15) is 4.99 Å². The summed E-state index contributed by atoms with van der Waals surface area (Å²) in [5, 5.41) is 11.8. The zero-order valence-electron chi connectivity index (χ0n) is 14.2. The molecule has 1 N–H and O–H groups in total. The number of nitrogens with zero attached hydrogens (tertiary/aromatic N) is 1. The van der Waals surface area contributed by atoms with Gasteiger partial charge in [-0.15, -0.1) is 0 Å². The van der Waals surface area contributed by atoms with Crippen LogP contribution in [0.1, 0.15) is 27.8 Å². The molecule has 0 atom stereocenters. The minimum atomic E-state index is -1.42. The summed E-state index contributed by atoms with van der Waals surface area (Å²) in [6.45, 7) is 4.00. The highest BCUT2D eigenvalue weighted by Gasteiger charge is 2.35. The van der Waals surface area contributed by atoms with Crippen molar-refractivity contribution in [2.45, 2.75) is 19.4 Å². The average molecular weight is 329 g/mol. The van der Waals surface area contributed by atoms with E-state index in [-0.39, 0.29) is 0 Å². The van der Waals surface area contributed by atoms with Crippen LogP contribution in [-0.4, -0.2) is 11.2 Å². The predicted molar refractivity (Wildman–Crippen MR) is 98.7 cm³/mol. The topological polar surface area (TPSA) is 49.7 Å². The Balaban J connectivity index is 2.31. The van der Waals surface area contributed by atoms with E-state index in [0.29, 0.717) is 11.3 Å². The lowest BCUT2D eigenvalue weighted by atomic mass is 9.79. The first-order valence-electron chi connectivity index (χ1n) is 8.10. The van der Waals surface area contributed by atoms with Crippen LogP contribution in [-0.2, 0) is 10.4 Å². The smallest absolute Gasteiger partial charge is 0.240 e. The number of hydrogen-bond acceptors (Lipinski definition) is 3. The first-order valence-corrected chi connectivity index (χ1v) is 8.10. The van der Waals surface area contributed by atoms with E-state index < -0.39 is 5.60 Å². The lowest BCUT2D eigenvalue weighted by molar-refractivity contribution is 0.126. The Labute approximate surface area is 147 Å². The summed E-state index contributed by atoms with van der Waals surface area (Å²) in [5.74, 6) is 0. The van der Waals surface area contributed by atoms with Crippen molar-refractivity contribution in [1.82, 2.24) is 0 Å². The van der Waals surface area contributed by atoms with Crippen LogP contribution < -0.4 is 0 Å². The molecule has 0 fully saturated rings. The summed E-state index contributed by atoms with van der Waals surface area (Å²) in [7, 11) is 0. The van der Waals surface area contributed by atoms with Crippen molar-refractivity contribution in [3.05, 3.63) is 101 Å². The van der Waals surface area contributed by atoms with Crippen LogP contribution in [0.3, 0.4) is 0 Å². The van der Waals surface area contributed by atoms with E-state index in [1.54, 1.807) is 24.3 Å². The van der Waals surface area contributed by atoms with Gasteiger partial charge in [0.15, 0.2) is 0 Å². The van der Waals surface area contributed by atoms with Gasteiger partial charge in [-0.3, -0.25) is 0 Å². The highest BCUT2D eigenvalue weighted by molar-refractivity contribution is 5.61. The fraction of sp³-hybridized carbons (Fsp3) is 0.136. The maximum absolute atomic E-state index is 11.8. The van der Waals surface area contributed by atoms with E-state index in [1.807, 2.05) is 68.4 Å². The van der Waals surface area contributed by atoms with Gasteiger partial charge in [-0.25, -0.2) is 4.79 Å². The lowest BCUT2D eigenvalue weighted by Gasteiger charge is -2.31. The van der Waals surface area contributed by atoms with Gasteiger partial charge in [0, 0.05) is 5.56 Å². The van der Waals surface area contributed by atoms with E-state index in [9.17, 15) is 9.90 Å². The highest BCUT2D eigenvalue weighted by atomic mass is 16.3. The quantitative estimate of drug-likeness (QED) is 0.433. The molecule has 0 bridgehead atoms. The van der Waals surface area contributed by atoms with E-state index in [2.05, 4.69) is 4.99 Å². The van der Waals surface area contributed by atoms with Crippen molar-refractivity contribution in [3.63, 3.8) is 0 Å². The van der Waals surface area contributed by atoms with Crippen LogP contribution in [0.5, 0.6) is 0 Å². The molecule has 0 radical (unpaired) electrons. The first-order chi connectivity index (χ1) is 12.1. The van der Waals surface area contributed by atoms with Crippen molar-refractivity contribution >= 4 is 11.8 Å². The first kappa shape index (κ1) is 16.8. The number of rotatable bonds is 4. The number of carbonyl (C=O) groups excluding carboxylic acids is 1. The molecule has 3 rings (SSSR count). The van der Waals surface area contributed by atoms with Crippen molar-refractivity contribution in [2.75, 3.05) is 0 Å². The average Bonchev–Trinajstić information content (AvgIpc) is 2.63. The van der Waals surface area contributed by atoms with E-state index >= 15 is 0 Å². The maximum Gasteiger partial charge on any atom is 0.240 e. The Bertz CT molecular complexity index is 876. The fourth-order valence-electron chi connectivity index (χ4n) is 2.99. The molecule has 3 aromatic rings. The van der Waals surface area contributed by atoms with Gasteiger partial charge in [-0.05, 0) is 31.0 Å². The number of hydrogen-bond donors (Lipinski definition) is 1. The second-order valence-electron chi connectivity index (χ2n) is 6.16. The van der Waals surface area contributed by atoms with Gasteiger partial charge in [-0.1, -0.05) is 77.9 Å². The number of aliphatic hydroxyl groups is 1. The molecule has 0 aliphatic carbocycles. The van der Waals surface area contributed by atoms with Crippen LogP contribution >= 0.6 is 0 Å². The molecule has 124 valence electrons. The third-order valence-electron chi connectivity index (χ3n) is 4.40. The zero-order valence-corrected chi connectivity index (χ0v) is 14.2. The molecule has 0 saturated carbocycles. The highest BCUT2D eigenvalue weighted by Crippen LogP contribution is 2.41. The second-order valence-corrected chi connectivity index (χ2v) is 6.16. The van der Waals surface area contributed by atoms with Crippen LogP contribution in [0.2, 0.25) is 0 Å². The molecular formula is C22H19NO2. The van der Waals surface area contributed by atoms with Crippen LogP contribution in [0.25, 0.3) is 0 Å². The van der Waals surface area contributed by atoms with Crippen LogP contribution in [0, 0.1) is 13.8 Å². The lowest BCUT2D eigenvalue weighted by Crippen LogP contribution is -2.29. The second kappa shape index (κ2) is 6.86. The van der Waals surface area contributed by atoms with E-state index in [4.69, 9.17) is 0 Å². The van der Waals surface area contributed by atoms with Crippen molar-refractivity contribution in [1.29, 1.82) is 0 Å². The molecule has 25 heavy (non-hydrogen) atoms. The zero-order chi connectivity index (χ0) is 17.9. The van der Waals surface area contributed by atoms with Crippen LogP contribution in [0.4, 0.5) is 5.69 Å². The predicted octanol–water partition coefficient (Wildman–Crippen LogP) is 4.55. The van der Waals surface area contributed by atoms with Gasteiger partial charge < -0.3 is 5.11 Å². The van der Waals surface area contributed by atoms with Gasteiger partial charge in [0.1, 0.15) is 5.60 Å². The molecule has 0 spiro atoms. The monoisotopic (exact) mass is 329 g/mol. The fourth-order valence-corrected chi connectivity index (χ4v) is 2.99. The molecule has 0 aliphatic heterocycles. The third-order valence-corrected chi connectivity index (χ3v) is 4.40.